The van der Waals surface area contributed by atoms with Crippen molar-refractivity contribution in [3.05, 3.63) is 30.1 Å². The summed E-state index contributed by atoms with van der Waals surface area (Å²) in [6, 6.07) is 5.69. The molecule has 0 radical (unpaired) electrons. The van der Waals surface area contributed by atoms with E-state index >= 15 is 0 Å². The van der Waals surface area contributed by atoms with Crippen molar-refractivity contribution in [3.8, 4) is 5.75 Å². The largest absolute Gasteiger partial charge is 0.492 e. The van der Waals surface area contributed by atoms with Crippen molar-refractivity contribution in [2.24, 2.45) is 5.73 Å². The maximum atomic E-state index is 12.6. The van der Waals surface area contributed by atoms with Crippen molar-refractivity contribution in [2.75, 3.05) is 19.8 Å². The normalized spacial score (nSPS) is 12.5. The van der Waals surface area contributed by atoms with E-state index in [1.165, 1.54) is 12.1 Å². The van der Waals surface area contributed by atoms with Crippen molar-refractivity contribution in [3.63, 3.8) is 0 Å². The number of rotatable bonds is 6. The van der Waals surface area contributed by atoms with Crippen LogP contribution in [0.25, 0.3) is 0 Å². The highest BCUT2D eigenvalue weighted by Crippen LogP contribution is 2.10. The van der Waals surface area contributed by atoms with Gasteiger partial charge in [-0.2, -0.15) is 0 Å². The van der Waals surface area contributed by atoms with Gasteiger partial charge in [0.05, 0.1) is 12.6 Å². The fraction of sp³-hybridized carbons (Fsp3) is 0.455. The molecule has 0 fully saturated rings. The summed E-state index contributed by atoms with van der Waals surface area (Å²) in [5.41, 5.74) is 5.71. The van der Waals surface area contributed by atoms with Crippen LogP contribution in [0.15, 0.2) is 24.3 Å². The molecule has 0 aliphatic carbocycles. The molecule has 1 atom stereocenters. The third kappa shape index (κ3) is 4.76. The van der Waals surface area contributed by atoms with Crippen molar-refractivity contribution >= 4 is 0 Å². The quantitative estimate of drug-likeness (QED) is 0.780. The van der Waals surface area contributed by atoms with Crippen molar-refractivity contribution in [1.29, 1.82) is 0 Å². The number of benzene rings is 1. The number of hydrogen-bond acceptors (Lipinski definition) is 3. The maximum Gasteiger partial charge on any atom is 0.123 e. The molecule has 2 N–H and O–H groups in total. The first kappa shape index (κ1) is 11.9. The molecule has 0 heterocycles. The van der Waals surface area contributed by atoms with E-state index in [0.717, 1.165) is 0 Å². The smallest absolute Gasteiger partial charge is 0.123 e. The Morgan fingerprint density at radius 3 is 2.53 bits per heavy atom. The molecule has 0 spiro atoms. The Morgan fingerprint density at radius 2 is 1.93 bits per heavy atom. The van der Waals surface area contributed by atoms with E-state index in [4.69, 9.17) is 15.2 Å². The standard InChI is InChI=1S/C11H16FNO2/c1-2-14-7-10(13)8-15-11-5-3-9(12)4-6-11/h3-6,10H,2,7-8,13H2,1H3/t10-/m0/s1. The van der Waals surface area contributed by atoms with Crippen LogP contribution in [0, 0.1) is 5.82 Å². The molecule has 0 amide bonds. The second kappa shape index (κ2) is 6.37. The number of hydrogen-bond donors (Lipinski definition) is 1. The Balaban J connectivity index is 2.27. The monoisotopic (exact) mass is 213 g/mol. The molecule has 0 aromatic heterocycles. The Kier molecular flexibility index (Phi) is 5.07. The highest BCUT2D eigenvalue weighted by atomic mass is 19.1. The molecule has 15 heavy (non-hydrogen) atoms. The lowest BCUT2D eigenvalue weighted by Crippen LogP contribution is -2.32. The van der Waals surface area contributed by atoms with Crippen LogP contribution in [0.4, 0.5) is 4.39 Å². The van der Waals surface area contributed by atoms with Crippen LogP contribution >= 0.6 is 0 Å². The van der Waals surface area contributed by atoms with E-state index in [2.05, 4.69) is 0 Å². The summed E-state index contributed by atoms with van der Waals surface area (Å²) >= 11 is 0. The van der Waals surface area contributed by atoms with Gasteiger partial charge in [-0.3, -0.25) is 0 Å². The van der Waals surface area contributed by atoms with Gasteiger partial charge in [0.2, 0.25) is 0 Å². The lowest BCUT2D eigenvalue weighted by molar-refractivity contribution is 0.115. The molecule has 3 nitrogen and oxygen atoms in total. The summed E-state index contributed by atoms with van der Waals surface area (Å²) in [6.45, 7) is 3.39. The van der Waals surface area contributed by atoms with Gasteiger partial charge in [0.1, 0.15) is 18.2 Å². The van der Waals surface area contributed by atoms with Crippen molar-refractivity contribution in [2.45, 2.75) is 13.0 Å². The van der Waals surface area contributed by atoms with Gasteiger partial charge in [-0.15, -0.1) is 0 Å². The second-order valence-electron chi connectivity index (χ2n) is 3.18. The zero-order valence-electron chi connectivity index (χ0n) is 8.78. The number of ether oxygens (including phenoxy) is 2. The van der Waals surface area contributed by atoms with Crippen LogP contribution in [0.1, 0.15) is 6.92 Å². The highest BCUT2D eigenvalue weighted by molar-refractivity contribution is 5.22. The van der Waals surface area contributed by atoms with Gasteiger partial charge in [0, 0.05) is 6.61 Å². The van der Waals surface area contributed by atoms with Gasteiger partial charge >= 0.3 is 0 Å². The first-order valence-electron chi connectivity index (χ1n) is 4.94. The number of nitrogens with two attached hydrogens (primary N) is 1. The van der Waals surface area contributed by atoms with E-state index in [0.29, 0.717) is 25.6 Å². The molecule has 1 aromatic carbocycles. The average molecular weight is 213 g/mol. The second-order valence-corrected chi connectivity index (χ2v) is 3.18. The van der Waals surface area contributed by atoms with Crippen LogP contribution in [-0.4, -0.2) is 25.9 Å². The Labute approximate surface area is 89.0 Å². The minimum absolute atomic E-state index is 0.157. The van der Waals surface area contributed by atoms with E-state index in [9.17, 15) is 4.39 Å². The van der Waals surface area contributed by atoms with E-state index in [-0.39, 0.29) is 11.9 Å². The minimum Gasteiger partial charge on any atom is -0.492 e. The Hall–Kier alpha value is -1.13. The highest BCUT2D eigenvalue weighted by Gasteiger charge is 2.03. The lowest BCUT2D eigenvalue weighted by atomic mass is 10.3. The summed E-state index contributed by atoms with van der Waals surface area (Å²) in [6.07, 6.45) is 0. The zero-order valence-corrected chi connectivity index (χ0v) is 8.78. The van der Waals surface area contributed by atoms with E-state index in [1.54, 1.807) is 12.1 Å². The summed E-state index contributed by atoms with van der Waals surface area (Å²) in [5, 5.41) is 0. The first-order chi connectivity index (χ1) is 7.22. The minimum atomic E-state index is -0.277. The summed E-state index contributed by atoms with van der Waals surface area (Å²) in [5.74, 6) is 0.337. The van der Waals surface area contributed by atoms with E-state index < -0.39 is 0 Å². The van der Waals surface area contributed by atoms with Crippen LogP contribution in [0.2, 0.25) is 0 Å². The first-order valence-corrected chi connectivity index (χ1v) is 4.94. The predicted octanol–water partition coefficient (Wildman–Crippen LogP) is 1.57. The van der Waals surface area contributed by atoms with Gasteiger partial charge in [-0.05, 0) is 31.2 Å². The fourth-order valence-electron chi connectivity index (χ4n) is 1.05. The maximum absolute atomic E-state index is 12.6. The predicted molar refractivity (Wildman–Crippen MR) is 56.4 cm³/mol. The molecule has 0 bridgehead atoms. The van der Waals surface area contributed by atoms with Gasteiger partial charge in [-0.25, -0.2) is 4.39 Å². The van der Waals surface area contributed by atoms with Gasteiger partial charge in [0.25, 0.3) is 0 Å². The Morgan fingerprint density at radius 1 is 1.27 bits per heavy atom. The van der Waals surface area contributed by atoms with Crippen molar-refractivity contribution < 1.29 is 13.9 Å². The molecule has 0 saturated carbocycles. The molecule has 0 unspecified atom stereocenters. The lowest BCUT2D eigenvalue weighted by Gasteiger charge is -2.12. The van der Waals surface area contributed by atoms with Crippen LogP contribution in [-0.2, 0) is 4.74 Å². The van der Waals surface area contributed by atoms with Crippen molar-refractivity contribution in [1.82, 2.24) is 0 Å². The average Bonchev–Trinajstić information content (AvgIpc) is 2.25. The van der Waals surface area contributed by atoms with Gasteiger partial charge < -0.3 is 15.2 Å². The molecule has 0 aliphatic rings. The molecular weight excluding hydrogens is 197 g/mol. The van der Waals surface area contributed by atoms with Gasteiger partial charge in [-0.1, -0.05) is 0 Å². The molecule has 84 valence electrons. The molecule has 1 rings (SSSR count). The topological polar surface area (TPSA) is 44.5 Å². The molecule has 1 aromatic rings. The molecular formula is C11H16FNO2. The van der Waals surface area contributed by atoms with Crippen LogP contribution < -0.4 is 10.5 Å². The zero-order chi connectivity index (χ0) is 11.1. The third-order valence-corrected chi connectivity index (χ3v) is 1.81. The summed E-state index contributed by atoms with van der Waals surface area (Å²) in [7, 11) is 0. The summed E-state index contributed by atoms with van der Waals surface area (Å²) in [4.78, 5) is 0. The van der Waals surface area contributed by atoms with Crippen LogP contribution in [0.3, 0.4) is 0 Å². The third-order valence-electron chi connectivity index (χ3n) is 1.81. The molecule has 0 aliphatic heterocycles. The molecule has 0 saturated heterocycles. The number of halogens is 1. The van der Waals surface area contributed by atoms with E-state index in [1.807, 2.05) is 6.92 Å². The fourth-order valence-corrected chi connectivity index (χ4v) is 1.05. The van der Waals surface area contributed by atoms with Gasteiger partial charge in [0.15, 0.2) is 0 Å². The molecule has 4 heteroatoms. The SMILES string of the molecule is CCOC[C@H](N)COc1ccc(F)cc1. The summed E-state index contributed by atoms with van der Waals surface area (Å²) < 4.78 is 23.0. The van der Waals surface area contributed by atoms with Crippen LogP contribution in [0.5, 0.6) is 5.75 Å². The Bertz CT molecular complexity index is 276.